The third-order valence-corrected chi connectivity index (χ3v) is 5.61. The maximum atomic E-state index is 13.4. The average Bonchev–Trinajstić information content (AvgIpc) is 3.24. The van der Waals surface area contributed by atoms with E-state index in [2.05, 4.69) is 10.4 Å². The van der Waals surface area contributed by atoms with Crippen LogP contribution in [0.5, 0.6) is 0 Å². The molecule has 170 valence electrons. The van der Waals surface area contributed by atoms with Gasteiger partial charge < -0.3 is 11.1 Å². The van der Waals surface area contributed by atoms with Gasteiger partial charge >= 0.3 is 0 Å². The number of halogens is 1. The maximum absolute atomic E-state index is 13.4. The maximum Gasteiger partial charge on any atom is 0.244 e. The number of benzene rings is 2. The van der Waals surface area contributed by atoms with Gasteiger partial charge in [-0.2, -0.15) is 5.10 Å². The number of piperidine rings is 1. The van der Waals surface area contributed by atoms with Crippen LogP contribution in [-0.2, 0) is 9.59 Å². The number of aromatic nitrogens is 2. The van der Waals surface area contributed by atoms with Gasteiger partial charge in [-0.05, 0) is 55.3 Å². The molecule has 0 aliphatic carbocycles. The fourth-order valence-electron chi connectivity index (χ4n) is 3.92. The van der Waals surface area contributed by atoms with Crippen molar-refractivity contribution in [3.05, 3.63) is 78.3 Å². The van der Waals surface area contributed by atoms with Crippen molar-refractivity contribution in [3.63, 3.8) is 0 Å². The Morgan fingerprint density at radius 2 is 1.79 bits per heavy atom. The van der Waals surface area contributed by atoms with Gasteiger partial charge in [-0.1, -0.05) is 18.2 Å². The summed E-state index contributed by atoms with van der Waals surface area (Å²) in [6.07, 6.45) is 6.59. The molecule has 1 aliphatic heterocycles. The van der Waals surface area contributed by atoms with Gasteiger partial charge in [0.05, 0.1) is 17.9 Å². The molecular weight excluding hydrogens is 421 g/mol. The van der Waals surface area contributed by atoms with Crippen LogP contribution in [0.1, 0.15) is 18.4 Å². The molecule has 1 saturated heterocycles. The summed E-state index contributed by atoms with van der Waals surface area (Å²) in [4.78, 5) is 25.6. The highest BCUT2D eigenvalue weighted by Crippen LogP contribution is 2.25. The average molecular weight is 448 g/mol. The number of hydrogen-bond donors (Lipinski definition) is 2. The standard InChI is InChI=1S/C25H26FN5O2/c26-20-9-6-18(7-10-20)25-19(16-31(29-25)22-4-2-1-3-5-22)8-11-24(33)28-21-12-14-30(15-13-21)17-23(27)32/h1-11,16,21H,12-15,17H2,(H2,27,32)(H,28,33). The number of nitrogens with two attached hydrogens (primary N) is 1. The number of hydrogen-bond acceptors (Lipinski definition) is 4. The highest BCUT2D eigenvalue weighted by Gasteiger charge is 2.21. The van der Waals surface area contributed by atoms with Gasteiger partial charge in [0.1, 0.15) is 5.82 Å². The first kappa shape index (κ1) is 22.4. The molecule has 8 heteroatoms. The minimum atomic E-state index is -0.339. The van der Waals surface area contributed by atoms with Gasteiger partial charge in [0.15, 0.2) is 0 Å². The van der Waals surface area contributed by atoms with Crippen LogP contribution in [0, 0.1) is 5.82 Å². The number of rotatable bonds is 7. The second-order valence-electron chi connectivity index (χ2n) is 8.08. The van der Waals surface area contributed by atoms with Crippen LogP contribution in [0.25, 0.3) is 23.0 Å². The number of nitrogens with one attached hydrogen (secondary N) is 1. The minimum Gasteiger partial charge on any atom is -0.369 e. The molecule has 0 atom stereocenters. The van der Waals surface area contributed by atoms with Crippen LogP contribution < -0.4 is 11.1 Å². The fourth-order valence-corrected chi connectivity index (χ4v) is 3.92. The highest BCUT2D eigenvalue weighted by molar-refractivity contribution is 5.93. The number of carbonyl (C=O) groups excluding carboxylic acids is 2. The van der Waals surface area contributed by atoms with Crippen molar-refractivity contribution in [2.75, 3.05) is 19.6 Å². The van der Waals surface area contributed by atoms with Crippen LogP contribution in [0.4, 0.5) is 4.39 Å². The van der Waals surface area contributed by atoms with E-state index < -0.39 is 0 Å². The SMILES string of the molecule is NC(=O)CN1CCC(NC(=O)C=Cc2cn(-c3ccccc3)nc2-c2ccc(F)cc2)CC1. The molecule has 0 radical (unpaired) electrons. The Morgan fingerprint density at radius 1 is 1.09 bits per heavy atom. The molecule has 33 heavy (non-hydrogen) atoms. The quantitative estimate of drug-likeness (QED) is 0.545. The summed E-state index contributed by atoms with van der Waals surface area (Å²) >= 11 is 0. The highest BCUT2D eigenvalue weighted by atomic mass is 19.1. The largest absolute Gasteiger partial charge is 0.369 e. The molecule has 1 fully saturated rings. The summed E-state index contributed by atoms with van der Waals surface area (Å²) in [5.41, 5.74) is 8.29. The molecule has 7 nitrogen and oxygen atoms in total. The van der Waals surface area contributed by atoms with Gasteiger partial charge in [-0.15, -0.1) is 0 Å². The summed E-state index contributed by atoms with van der Waals surface area (Å²) in [5, 5.41) is 7.70. The van der Waals surface area contributed by atoms with E-state index in [1.54, 1.807) is 22.9 Å². The first-order valence-electron chi connectivity index (χ1n) is 10.9. The van der Waals surface area contributed by atoms with Crippen LogP contribution in [0.15, 0.2) is 66.9 Å². The first-order chi connectivity index (χ1) is 16.0. The first-order valence-corrected chi connectivity index (χ1v) is 10.9. The molecule has 0 unspecified atom stereocenters. The molecule has 0 saturated carbocycles. The van der Waals surface area contributed by atoms with E-state index >= 15 is 0 Å². The van der Waals surface area contributed by atoms with E-state index in [0.29, 0.717) is 5.69 Å². The molecule has 3 N–H and O–H groups in total. The Balaban J connectivity index is 1.48. The van der Waals surface area contributed by atoms with Crippen LogP contribution >= 0.6 is 0 Å². The van der Waals surface area contributed by atoms with Gasteiger partial charge in [-0.25, -0.2) is 9.07 Å². The number of likely N-dealkylation sites (tertiary alicyclic amines) is 1. The molecule has 4 rings (SSSR count). The summed E-state index contributed by atoms with van der Waals surface area (Å²) in [7, 11) is 0. The Bertz CT molecular complexity index is 1130. The van der Waals surface area contributed by atoms with Gasteiger partial charge in [-0.3, -0.25) is 14.5 Å². The minimum absolute atomic E-state index is 0.0508. The zero-order chi connectivity index (χ0) is 23.2. The van der Waals surface area contributed by atoms with Crippen LogP contribution in [0.2, 0.25) is 0 Å². The lowest BCUT2D eigenvalue weighted by Crippen LogP contribution is -2.46. The summed E-state index contributed by atoms with van der Waals surface area (Å²) < 4.78 is 15.2. The summed E-state index contributed by atoms with van der Waals surface area (Å²) in [6, 6.07) is 15.8. The third kappa shape index (κ3) is 5.93. The normalized spacial score (nSPS) is 15.1. The molecule has 2 heterocycles. The van der Waals surface area contributed by atoms with Crippen LogP contribution in [0.3, 0.4) is 0 Å². The van der Waals surface area contributed by atoms with E-state index in [4.69, 9.17) is 5.73 Å². The van der Waals surface area contributed by atoms with E-state index in [1.807, 2.05) is 41.4 Å². The van der Waals surface area contributed by atoms with Crippen molar-refractivity contribution in [1.29, 1.82) is 0 Å². The Labute approximate surface area is 191 Å². The molecular formula is C25H26FN5O2. The van der Waals surface area contributed by atoms with Crippen molar-refractivity contribution < 1.29 is 14.0 Å². The number of para-hydroxylation sites is 1. The van der Waals surface area contributed by atoms with Crippen LogP contribution in [-0.4, -0.2) is 52.2 Å². The predicted molar refractivity (Wildman–Crippen MR) is 125 cm³/mol. The third-order valence-electron chi connectivity index (χ3n) is 5.61. The molecule has 3 aromatic rings. The predicted octanol–water partition coefficient (Wildman–Crippen LogP) is 2.76. The second-order valence-corrected chi connectivity index (χ2v) is 8.08. The van der Waals surface area contributed by atoms with E-state index in [0.717, 1.165) is 42.7 Å². The number of amides is 2. The lowest BCUT2D eigenvalue weighted by molar-refractivity contribution is -0.120. The zero-order valence-electron chi connectivity index (χ0n) is 18.2. The van der Waals surface area contributed by atoms with E-state index in [9.17, 15) is 14.0 Å². The number of primary amides is 1. The van der Waals surface area contributed by atoms with E-state index in [-0.39, 0.29) is 30.2 Å². The lowest BCUT2D eigenvalue weighted by Gasteiger charge is -2.31. The molecule has 0 bridgehead atoms. The van der Waals surface area contributed by atoms with Crippen molar-refractivity contribution >= 4 is 17.9 Å². The molecule has 0 spiro atoms. The monoisotopic (exact) mass is 447 g/mol. The molecule has 2 aromatic carbocycles. The second kappa shape index (κ2) is 10.2. The Hall–Kier alpha value is -3.78. The van der Waals surface area contributed by atoms with Gasteiger partial charge in [0.25, 0.3) is 0 Å². The van der Waals surface area contributed by atoms with Crippen molar-refractivity contribution in [2.24, 2.45) is 5.73 Å². The fraction of sp³-hybridized carbons (Fsp3) is 0.240. The zero-order valence-corrected chi connectivity index (χ0v) is 18.2. The van der Waals surface area contributed by atoms with Gasteiger partial charge in [0.2, 0.25) is 11.8 Å². The van der Waals surface area contributed by atoms with Crippen molar-refractivity contribution in [2.45, 2.75) is 18.9 Å². The Kier molecular flexibility index (Phi) is 6.95. The number of carbonyl (C=O) groups is 2. The van der Waals surface area contributed by atoms with E-state index in [1.165, 1.54) is 18.2 Å². The summed E-state index contributed by atoms with van der Waals surface area (Å²) in [6.45, 7) is 1.68. The Morgan fingerprint density at radius 3 is 2.45 bits per heavy atom. The summed E-state index contributed by atoms with van der Waals surface area (Å²) in [5.74, 6) is -0.853. The number of nitrogens with zero attached hydrogens (tertiary/aromatic N) is 3. The lowest BCUT2D eigenvalue weighted by atomic mass is 10.0. The van der Waals surface area contributed by atoms with Gasteiger partial charge in [0, 0.05) is 42.5 Å². The molecule has 2 amide bonds. The van der Waals surface area contributed by atoms with Crippen molar-refractivity contribution in [1.82, 2.24) is 20.0 Å². The molecule has 1 aromatic heterocycles. The van der Waals surface area contributed by atoms with Crippen molar-refractivity contribution in [3.8, 4) is 16.9 Å². The molecule has 1 aliphatic rings. The smallest absolute Gasteiger partial charge is 0.244 e. The topological polar surface area (TPSA) is 93.3 Å².